The molecule has 3 fully saturated rings. The summed E-state index contributed by atoms with van der Waals surface area (Å²) in [4.78, 5) is 50.8. The van der Waals surface area contributed by atoms with E-state index >= 15 is 0 Å². The Hall–Kier alpha value is -5.42. The van der Waals surface area contributed by atoms with Gasteiger partial charge in [0, 0.05) is 23.8 Å². The highest BCUT2D eigenvalue weighted by Crippen LogP contribution is 2.41. The largest absolute Gasteiger partial charge is 0.507 e. The van der Waals surface area contributed by atoms with Crippen molar-refractivity contribution in [1.82, 2.24) is 0 Å². The van der Waals surface area contributed by atoms with Crippen molar-refractivity contribution in [2.24, 2.45) is 0 Å². The Morgan fingerprint density at radius 3 is 1.52 bits per heavy atom. The first-order chi connectivity index (χ1) is 28.3. The van der Waals surface area contributed by atoms with E-state index in [4.69, 9.17) is 42.3 Å². The molecule has 25 nitrogen and oxygen atoms in total. The van der Waals surface area contributed by atoms with Gasteiger partial charge in [-0.3, -0.25) is 4.79 Å². The van der Waals surface area contributed by atoms with Crippen LogP contribution in [0.4, 0.5) is 0 Å². The number of carboxylic acids is 1. The van der Waals surface area contributed by atoms with Crippen molar-refractivity contribution < 1.29 is 118 Å². The van der Waals surface area contributed by atoms with Crippen LogP contribution >= 0.6 is 0 Å². The van der Waals surface area contributed by atoms with Gasteiger partial charge >= 0.3 is 17.9 Å². The van der Waals surface area contributed by atoms with Crippen LogP contribution in [-0.2, 0) is 38.1 Å². The van der Waals surface area contributed by atoms with Gasteiger partial charge in [0.25, 0.3) is 0 Å². The van der Waals surface area contributed by atoms with Gasteiger partial charge in [-0.15, -0.1) is 0 Å². The number of aromatic hydroxyl groups is 2. The molecule has 60 heavy (non-hydrogen) atoms. The minimum atomic E-state index is -2.41. The van der Waals surface area contributed by atoms with Crippen molar-refractivity contribution in [2.45, 2.75) is 92.1 Å². The lowest BCUT2D eigenvalue weighted by molar-refractivity contribution is -0.313. The Morgan fingerprint density at radius 2 is 1.03 bits per heavy atom. The van der Waals surface area contributed by atoms with E-state index < -0.39 is 127 Å². The van der Waals surface area contributed by atoms with E-state index in [2.05, 4.69) is 0 Å². The summed E-state index contributed by atoms with van der Waals surface area (Å²) < 4.78 is 46.8. The minimum absolute atomic E-state index is 0.0450. The zero-order valence-electron chi connectivity index (χ0n) is 30.7. The van der Waals surface area contributed by atoms with E-state index in [0.29, 0.717) is 0 Å². The van der Waals surface area contributed by atoms with Crippen LogP contribution in [0.5, 0.6) is 28.7 Å². The molecule has 0 aliphatic carbocycles. The zero-order chi connectivity index (χ0) is 44.1. The van der Waals surface area contributed by atoms with Gasteiger partial charge in [-0.25, -0.2) is 14.4 Å². The van der Waals surface area contributed by atoms with Crippen LogP contribution in [-0.4, -0.2) is 186 Å². The number of rotatable bonds is 10. The third-order valence-corrected chi connectivity index (χ3v) is 9.68. The van der Waals surface area contributed by atoms with Gasteiger partial charge in [0.2, 0.25) is 24.6 Å². The molecule has 0 unspecified atom stereocenters. The van der Waals surface area contributed by atoms with Crippen LogP contribution in [0, 0.1) is 0 Å². The Kier molecular flexibility index (Phi) is 12.7. The topological polar surface area (TPSA) is 398 Å². The van der Waals surface area contributed by atoms with Crippen molar-refractivity contribution in [3.05, 3.63) is 40.6 Å². The summed E-state index contributed by atoms with van der Waals surface area (Å²) in [6, 6.07) is 5.60. The first-order valence-corrected chi connectivity index (χ1v) is 17.4. The number of aliphatic hydroxyl groups is 9. The minimum Gasteiger partial charge on any atom is -0.507 e. The number of carbonyl (C=O) groups is 3. The number of phenols is 2. The Bertz CT molecular complexity index is 2130. The predicted molar refractivity (Wildman–Crippen MR) is 185 cm³/mol. The molecule has 6 rings (SSSR count). The average Bonchev–Trinajstić information content (AvgIpc) is 3.20. The molecule has 3 aliphatic heterocycles. The number of methoxy groups -OCH3 is 2. The van der Waals surface area contributed by atoms with Crippen molar-refractivity contribution in [3.63, 3.8) is 0 Å². The SMILES string of the molecule is COc1cc(-c2cc(=O)c3c(O)cc(O[C@@H]4O[C@@H](C(=O)O[C@H]5O[C@H](C(=O)O[C@H]6O[C@H](C(=O)O)[C@H](O)[C@@H](O)[C@@H]6O)[C@H](O)[C@@H](O)[C@@H]5O)[C@H](O)[C@@H](O)[C@@H]4O)cc3o2)cc(OC)c1O. The number of benzene rings is 2. The molecule has 3 aromatic rings. The van der Waals surface area contributed by atoms with Gasteiger partial charge in [0.05, 0.1) is 14.2 Å². The molecular formula is C35H38O25. The van der Waals surface area contributed by atoms with Crippen LogP contribution in [0.15, 0.2) is 39.5 Å². The molecule has 15 atom stereocenters. The fraction of sp³-hybridized carbons (Fsp3) is 0.486. The number of aliphatic hydroxyl groups excluding tert-OH is 9. The number of fused-ring (bicyclic) bond motifs is 1. The van der Waals surface area contributed by atoms with Crippen LogP contribution in [0.25, 0.3) is 22.3 Å². The van der Waals surface area contributed by atoms with E-state index in [0.717, 1.165) is 18.2 Å². The lowest BCUT2D eigenvalue weighted by Gasteiger charge is -2.42. The second-order valence-electron chi connectivity index (χ2n) is 13.5. The zero-order valence-corrected chi connectivity index (χ0v) is 30.7. The second-order valence-corrected chi connectivity index (χ2v) is 13.5. The van der Waals surface area contributed by atoms with E-state index in [1.54, 1.807) is 0 Å². The van der Waals surface area contributed by atoms with Crippen LogP contribution in [0.2, 0.25) is 0 Å². The second kappa shape index (κ2) is 17.3. The fourth-order valence-corrected chi connectivity index (χ4v) is 6.42. The molecule has 0 amide bonds. The number of phenolic OH excluding ortho intramolecular Hbond substituents is 2. The Morgan fingerprint density at radius 1 is 0.583 bits per heavy atom. The molecule has 3 saturated heterocycles. The number of hydrogen-bond donors (Lipinski definition) is 12. The summed E-state index contributed by atoms with van der Waals surface area (Å²) in [5.41, 5.74) is -0.875. The lowest BCUT2D eigenvalue weighted by atomic mass is 9.97. The maximum absolute atomic E-state index is 13.3. The number of hydrogen-bond acceptors (Lipinski definition) is 24. The fourth-order valence-electron chi connectivity index (χ4n) is 6.42. The molecule has 0 bridgehead atoms. The third kappa shape index (κ3) is 8.20. The molecule has 0 spiro atoms. The summed E-state index contributed by atoms with van der Waals surface area (Å²) >= 11 is 0. The lowest BCUT2D eigenvalue weighted by Crippen LogP contribution is -2.64. The van der Waals surface area contributed by atoms with E-state index in [-0.39, 0.29) is 39.5 Å². The summed E-state index contributed by atoms with van der Waals surface area (Å²) in [5, 5.41) is 123. The molecule has 328 valence electrons. The van der Waals surface area contributed by atoms with Crippen molar-refractivity contribution in [1.29, 1.82) is 0 Å². The maximum atomic E-state index is 13.3. The molecule has 12 N–H and O–H groups in total. The van der Waals surface area contributed by atoms with E-state index in [9.17, 15) is 80.5 Å². The van der Waals surface area contributed by atoms with E-state index in [1.165, 1.54) is 26.4 Å². The highest BCUT2D eigenvalue weighted by atomic mass is 16.8. The van der Waals surface area contributed by atoms with Crippen molar-refractivity contribution in [2.75, 3.05) is 14.2 Å². The standard InChI is InChI=1S/C35H38O25/c1-52-14-3-8(4-15(53-2)17(14)38)12-7-11(37)16-10(36)5-9(6-13(16)55-12)54-33-24(45)19(40)22(43)28(57-33)31(50)60-35-26(47)20(41)23(44)29(58-35)32(51)59-34-25(46)18(39)21(42)27(56-34)30(48)49/h3-7,18-29,33-36,38-47H,1-2H3,(H,48,49)/t18-,19-,20-,21-,22-,23-,24+,25+,26+,27+,28-,29+,33-,34-,35-/m1/s1. The quantitative estimate of drug-likeness (QED) is 0.0848. The first kappa shape index (κ1) is 44.1. The van der Waals surface area contributed by atoms with Crippen molar-refractivity contribution in [3.8, 4) is 40.1 Å². The van der Waals surface area contributed by atoms with Crippen molar-refractivity contribution >= 4 is 28.9 Å². The molecule has 1 aromatic heterocycles. The average molecular weight is 859 g/mol. The molecule has 25 heteroatoms. The number of carbonyl (C=O) groups excluding carboxylic acids is 2. The smallest absolute Gasteiger partial charge is 0.340 e. The highest BCUT2D eigenvalue weighted by molar-refractivity contribution is 5.86. The first-order valence-electron chi connectivity index (χ1n) is 17.4. The summed E-state index contributed by atoms with van der Waals surface area (Å²) in [5.74, 6) is -6.94. The predicted octanol–water partition coefficient (Wildman–Crippen LogP) is -5.14. The van der Waals surface area contributed by atoms with Gasteiger partial charge in [-0.1, -0.05) is 0 Å². The number of esters is 2. The number of aliphatic carboxylic acids is 1. The number of ether oxygens (including phenoxy) is 8. The highest BCUT2D eigenvalue weighted by Gasteiger charge is 2.54. The molecular weight excluding hydrogens is 820 g/mol. The van der Waals surface area contributed by atoms with Gasteiger partial charge in [0.1, 0.15) is 83.2 Å². The normalized spacial score (nSPS) is 34.4. The van der Waals surface area contributed by atoms with Gasteiger partial charge in [0.15, 0.2) is 35.2 Å². The van der Waals surface area contributed by atoms with Crippen LogP contribution < -0.4 is 19.6 Å². The van der Waals surface area contributed by atoms with Gasteiger partial charge in [-0.2, -0.15) is 0 Å². The molecule has 4 heterocycles. The molecule has 0 radical (unpaired) electrons. The summed E-state index contributed by atoms with van der Waals surface area (Å²) in [6.07, 6.45) is -34.1. The molecule has 2 aromatic carbocycles. The van der Waals surface area contributed by atoms with E-state index in [1.807, 2.05) is 0 Å². The summed E-state index contributed by atoms with van der Waals surface area (Å²) in [6.45, 7) is 0. The molecule has 3 aliphatic rings. The monoisotopic (exact) mass is 858 g/mol. The summed E-state index contributed by atoms with van der Waals surface area (Å²) in [7, 11) is 2.53. The van der Waals surface area contributed by atoms with Gasteiger partial charge in [-0.05, 0) is 12.1 Å². The van der Waals surface area contributed by atoms with Crippen LogP contribution in [0.3, 0.4) is 0 Å². The number of carboxylic acid groups (broad SMARTS) is 1. The molecule has 0 saturated carbocycles. The maximum Gasteiger partial charge on any atom is 0.340 e. The Balaban J connectivity index is 1.19. The Labute approximate surface area is 333 Å². The van der Waals surface area contributed by atoms with Crippen LogP contribution in [0.1, 0.15) is 0 Å². The third-order valence-electron chi connectivity index (χ3n) is 9.68. The van der Waals surface area contributed by atoms with Gasteiger partial charge < -0.3 is 104 Å².